The molecule has 0 spiro atoms. The first-order chi connectivity index (χ1) is 10.2. The summed E-state index contributed by atoms with van der Waals surface area (Å²) >= 11 is 0. The molecular formula is C19H24N2. The largest absolute Gasteiger partial charge is 0.303 e. The van der Waals surface area contributed by atoms with Crippen LogP contribution in [0.5, 0.6) is 0 Å². The Morgan fingerprint density at radius 2 is 2.19 bits per heavy atom. The van der Waals surface area contributed by atoms with Crippen LogP contribution >= 0.6 is 0 Å². The molecule has 1 aliphatic rings. The van der Waals surface area contributed by atoms with Gasteiger partial charge >= 0.3 is 0 Å². The Kier molecular flexibility index (Phi) is 4.98. The molecule has 0 saturated carbocycles. The lowest BCUT2D eigenvalue weighted by Crippen LogP contribution is -2.37. The maximum Gasteiger partial charge on any atom is 0.111 e. The summed E-state index contributed by atoms with van der Waals surface area (Å²) in [7, 11) is 0. The normalized spacial score (nSPS) is 22.5. The van der Waals surface area contributed by atoms with Gasteiger partial charge in [-0.25, -0.2) is 0 Å². The Balaban J connectivity index is 2.54. The molecule has 21 heavy (non-hydrogen) atoms. The zero-order valence-electron chi connectivity index (χ0n) is 13.0. The highest BCUT2D eigenvalue weighted by atomic mass is 15.1. The van der Waals surface area contributed by atoms with Crippen LogP contribution in [0.1, 0.15) is 25.8 Å². The van der Waals surface area contributed by atoms with Gasteiger partial charge in [-0.2, -0.15) is 5.26 Å². The third-order valence-electron chi connectivity index (χ3n) is 4.72. The van der Waals surface area contributed by atoms with Gasteiger partial charge in [-0.05, 0) is 43.5 Å². The van der Waals surface area contributed by atoms with E-state index in [9.17, 15) is 5.26 Å². The van der Waals surface area contributed by atoms with Crippen LogP contribution in [-0.2, 0) is 5.41 Å². The average molecular weight is 280 g/mol. The van der Waals surface area contributed by atoms with Gasteiger partial charge in [0.15, 0.2) is 0 Å². The SMILES string of the molecule is C=CC(=CC)C(C#N)(c1ccccc1)C1CCN(CC)C1. The first-order valence-electron chi connectivity index (χ1n) is 7.71. The van der Waals surface area contributed by atoms with Crippen LogP contribution in [0.25, 0.3) is 0 Å². The Morgan fingerprint density at radius 1 is 1.48 bits per heavy atom. The highest BCUT2D eigenvalue weighted by Crippen LogP contribution is 2.43. The number of rotatable bonds is 5. The number of likely N-dealkylation sites (tertiary alicyclic amines) is 1. The lowest BCUT2D eigenvalue weighted by Gasteiger charge is -2.34. The molecule has 2 heteroatoms. The zero-order valence-corrected chi connectivity index (χ0v) is 13.0. The van der Waals surface area contributed by atoms with Gasteiger partial charge < -0.3 is 4.90 Å². The van der Waals surface area contributed by atoms with Crippen molar-refractivity contribution < 1.29 is 0 Å². The van der Waals surface area contributed by atoms with Gasteiger partial charge in [0.2, 0.25) is 0 Å². The van der Waals surface area contributed by atoms with Gasteiger partial charge in [-0.1, -0.05) is 56.0 Å². The van der Waals surface area contributed by atoms with Gasteiger partial charge in [0.25, 0.3) is 0 Å². The molecule has 0 amide bonds. The molecule has 1 aliphatic heterocycles. The van der Waals surface area contributed by atoms with Crippen LogP contribution in [0.3, 0.4) is 0 Å². The van der Waals surface area contributed by atoms with E-state index in [1.54, 1.807) is 0 Å². The maximum atomic E-state index is 10.1. The minimum atomic E-state index is -0.582. The van der Waals surface area contributed by atoms with E-state index < -0.39 is 5.41 Å². The molecule has 2 unspecified atom stereocenters. The van der Waals surface area contributed by atoms with E-state index in [-0.39, 0.29) is 0 Å². The highest BCUT2D eigenvalue weighted by molar-refractivity contribution is 5.49. The number of allylic oxidation sites excluding steroid dienone is 3. The fourth-order valence-corrected chi connectivity index (χ4v) is 3.54. The summed E-state index contributed by atoms with van der Waals surface area (Å²) in [5.74, 6) is 0.314. The number of nitriles is 1. The van der Waals surface area contributed by atoms with Crippen LogP contribution < -0.4 is 0 Å². The van der Waals surface area contributed by atoms with E-state index in [4.69, 9.17) is 0 Å². The molecule has 2 nitrogen and oxygen atoms in total. The number of hydrogen-bond donors (Lipinski definition) is 0. The molecule has 1 fully saturated rings. The van der Waals surface area contributed by atoms with Crippen molar-refractivity contribution in [2.24, 2.45) is 5.92 Å². The molecule has 0 bridgehead atoms. The van der Waals surface area contributed by atoms with E-state index in [2.05, 4.69) is 36.6 Å². The first kappa shape index (κ1) is 15.5. The smallest absolute Gasteiger partial charge is 0.111 e. The van der Waals surface area contributed by atoms with Gasteiger partial charge in [0.1, 0.15) is 5.41 Å². The number of hydrogen-bond acceptors (Lipinski definition) is 2. The summed E-state index contributed by atoms with van der Waals surface area (Å²) in [5, 5.41) is 10.1. The van der Waals surface area contributed by atoms with E-state index in [1.807, 2.05) is 37.3 Å². The van der Waals surface area contributed by atoms with Gasteiger partial charge in [0, 0.05) is 6.54 Å². The number of nitrogens with zero attached hydrogens (tertiary/aromatic N) is 2. The molecule has 2 rings (SSSR count). The predicted octanol–water partition coefficient (Wildman–Crippen LogP) is 3.92. The maximum absolute atomic E-state index is 10.1. The monoisotopic (exact) mass is 280 g/mol. The third kappa shape index (κ3) is 2.66. The minimum absolute atomic E-state index is 0.314. The van der Waals surface area contributed by atoms with E-state index in [0.717, 1.165) is 37.2 Å². The Bertz CT molecular complexity index is 553. The van der Waals surface area contributed by atoms with Crippen molar-refractivity contribution in [3.63, 3.8) is 0 Å². The predicted molar refractivity (Wildman–Crippen MR) is 87.9 cm³/mol. The van der Waals surface area contributed by atoms with Crippen LogP contribution in [0.15, 0.2) is 54.6 Å². The molecule has 2 atom stereocenters. The standard InChI is InChI=1S/C19H24N2/c1-4-16(5-2)19(15-20,17-10-8-7-9-11-17)18-12-13-21(6-3)14-18/h4-5,7-11,18H,1,6,12-14H2,2-3H3. The van der Waals surface area contributed by atoms with Gasteiger partial charge in [-0.15, -0.1) is 0 Å². The van der Waals surface area contributed by atoms with Crippen LogP contribution in [-0.4, -0.2) is 24.5 Å². The van der Waals surface area contributed by atoms with Crippen molar-refractivity contribution in [2.45, 2.75) is 25.7 Å². The third-order valence-corrected chi connectivity index (χ3v) is 4.72. The molecule has 0 aliphatic carbocycles. The van der Waals surface area contributed by atoms with Gasteiger partial charge in [0.05, 0.1) is 6.07 Å². The van der Waals surface area contributed by atoms with Crippen molar-refractivity contribution in [3.05, 3.63) is 60.2 Å². The van der Waals surface area contributed by atoms with Crippen LogP contribution in [0, 0.1) is 17.2 Å². The quantitative estimate of drug-likeness (QED) is 0.764. The zero-order chi connectivity index (χ0) is 15.3. The molecule has 110 valence electrons. The first-order valence-corrected chi connectivity index (χ1v) is 7.71. The van der Waals surface area contributed by atoms with Crippen molar-refractivity contribution >= 4 is 0 Å². The van der Waals surface area contributed by atoms with Crippen LogP contribution in [0.4, 0.5) is 0 Å². The van der Waals surface area contributed by atoms with Crippen molar-refractivity contribution in [1.29, 1.82) is 5.26 Å². The van der Waals surface area contributed by atoms with Crippen molar-refractivity contribution in [3.8, 4) is 6.07 Å². The Morgan fingerprint density at radius 3 is 2.67 bits per heavy atom. The van der Waals surface area contributed by atoms with Crippen LogP contribution in [0.2, 0.25) is 0 Å². The molecule has 0 N–H and O–H groups in total. The molecule has 1 heterocycles. The topological polar surface area (TPSA) is 27.0 Å². The van der Waals surface area contributed by atoms with E-state index in [0.29, 0.717) is 5.92 Å². The summed E-state index contributed by atoms with van der Waals surface area (Å²) in [6.07, 6.45) is 4.95. The molecule has 0 radical (unpaired) electrons. The second-order valence-electron chi connectivity index (χ2n) is 5.61. The molecular weight excluding hydrogens is 256 g/mol. The molecule has 1 aromatic rings. The fraction of sp³-hybridized carbons (Fsp3) is 0.421. The molecule has 0 aromatic heterocycles. The molecule has 1 saturated heterocycles. The molecule has 1 aromatic carbocycles. The summed E-state index contributed by atoms with van der Waals surface area (Å²) < 4.78 is 0. The summed E-state index contributed by atoms with van der Waals surface area (Å²) in [4.78, 5) is 2.43. The summed E-state index contributed by atoms with van der Waals surface area (Å²) in [5.41, 5.74) is 1.53. The van der Waals surface area contributed by atoms with E-state index in [1.165, 1.54) is 0 Å². The van der Waals surface area contributed by atoms with Gasteiger partial charge in [-0.3, -0.25) is 0 Å². The average Bonchev–Trinajstić information content (AvgIpc) is 3.02. The second kappa shape index (κ2) is 6.74. The summed E-state index contributed by atoms with van der Waals surface area (Å²) in [6, 6.07) is 12.8. The fourth-order valence-electron chi connectivity index (χ4n) is 3.54. The number of benzene rings is 1. The van der Waals surface area contributed by atoms with Crippen molar-refractivity contribution in [2.75, 3.05) is 19.6 Å². The highest BCUT2D eigenvalue weighted by Gasteiger charge is 2.45. The Hall–Kier alpha value is -1.85. The Labute approximate surface area is 128 Å². The lowest BCUT2D eigenvalue weighted by molar-refractivity contribution is 0.318. The lowest BCUT2D eigenvalue weighted by atomic mass is 9.65. The van der Waals surface area contributed by atoms with Crippen molar-refractivity contribution in [1.82, 2.24) is 4.90 Å². The minimum Gasteiger partial charge on any atom is -0.303 e. The second-order valence-corrected chi connectivity index (χ2v) is 5.61. The van der Waals surface area contributed by atoms with E-state index >= 15 is 0 Å². The summed E-state index contributed by atoms with van der Waals surface area (Å²) in [6.45, 7) is 11.2.